The van der Waals surface area contributed by atoms with Crippen LogP contribution in [0, 0.1) is 6.92 Å². The van der Waals surface area contributed by atoms with Crippen LogP contribution in [-0.4, -0.2) is 6.54 Å². The smallest absolute Gasteiger partial charge is 0.173 e. The Morgan fingerprint density at radius 1 is 0.895 bits per heavy atom. The van der Waals surface area contributed by atoms with Crippen molar-refractivity contribution in [1.82, 2.24) is 4.48 Å². The lowest BCUT2D eigenvalue weighted by atomic mass is 10.1. The van der Waals surface area contributed by atoms with Gasteiger partial charge in [0.05, 0.1) is 6.54 Å². The van der Waals surface area contributed by atoms with Gasteiger partial charge in [0.15, 0.2) is 11.9 Å². The normalized spacial score (nSPS) is 21.3. The van der Waals surface area contributed by atoms with Crippen LogP contribution in [0.25, 0.3) is 0 Å². The van der Waals surface area contributed by atoms with Crippen molar-refractivity contribution in [1.29, 1.82) is 0 Å². The highest BCUT2D eigenvalue weighted by molar-refractivity contribution is 5.59. The van der Waals surface area contributed by atoms with Crippen molar-refractivity contribution >= 4 is 5.69 Å². The number of benzene rings is 1. The quantitative estimate of drug-likeness (QED) is 0.424. The summed E-state index contributed by atoms with van der Waals surface area (Å²) in [5.74, 6) is 0. The topological polar surface area (TPSA) is 0 Å². The third kappa shape index (κ3) is 3.27. The minimum Gasteiger partial charge on any atom is -0.227 e. The SMILES string of the molecule is CCCCCC1=C[N+]1(CCCC)c1ccc(C)cc1. The van der Waals surface area contributed by atoms with Crippen LogP contribution in [0.5, 0.6) is 0 Å². The summed E-state index contributed by atoms with van der Waals surface area (Å²) in [5.41, 5.74) is 4.46. The Hall–Kier alpha value is -1.08. The Kier molecular flexibility index (Phi) is 4.81. The number of rotatable bonds is 8. The fourth-order valence-electron chi connectivity index (χ4n) is 2.84. The highest BCUT2D eigenvalue weighted by Crippen LogP contribution is 2.44. The van der Waals surface area contributed by atoms with Crippen LogP contribution in [0.3, 0.4) is 0 Å². The van der Waals surface area contributed by atoms with Gasteiger partial charge in [0, 0.05) is 18.6 Å². The van der Waals surface area contributed by atoms with Crippen molar-refractivity contribution in [2.75, 3.05) is 6.54 Å². The third-order valence-electron chi connectivity index (χ3n) is 4.21. The molecule has 19 heavy (non-hydrogen) atoms. The first-order chi connectivity index (χ1) is 9.23. The molecule has 0 bridgehead atoms. The zero-order valence-electron chi connectivity index (χ0n) is 12.8. The number of allylic oxidation sites excluding steroid dienone is 1. The number of unbranched alkanes of at least 4 members (excludes halogenated alkanes) is 3. The fourth-order valence-corrected chi connectivity index (χ4v) is 2.84. The average Bonchev–Trinajstić information content (AvgIpc) is 3.12. The van der Waals surface area contributed by atoms with E-state index in [-0.39, 0.29) is 0 Å². The summed E-state index contributed by atoms with van der Waals surface area (Å²) in [6.07, 6.45) is 10.4. The Labute approximate surface area is 118 Å². The van der Waals surface area contributed by atoms with Gasteiger partial charge < -0.3 is 0 Å². The lowest BCUT2D eigenvalue weighted by Gasteiger charge is -2.20. The van der Waals surface area contributed by atoms with Gasteiger partial charge in [-0.2, -0.15) is 0 Å². The number of aryl methyl sites for hydroxylation is 1. The Morgan fingerprint density at radius 2 is 1.58 bits per heavy atom. The lowest BCUT2D eigenvalue weighted by molar-refractivity contribution is 0.509. The van der Waals surface area contributed by atoms with E-state index < -0.39 is 0 Å². The molecule has 2 rings (SSSR count). The standard InChI is InChI=1S/C18H28N/c1-4-6-8-9-18-15-19(18,14-7-5-2)17-12-10-16(3)11-13-17/h10-13,15H,4-9,14H2,1-3H3/q+1. The summed E-state index contributed by atoms with van der Waals surface area (Å²) in [5, 5.41) is 0. The first kappa shape index (κ1) is 14.3. The van der Waals surface area contributed by atoms with Crippen LogP contribution in [0.15, 0.2) is 36.2 Å². The van der Waals surface area contributed by atoms with Crippen molar-refractivity contribution in [2.24, 2.45) is 0 Å². The van der Waals surface area contributed by atoms with Crippen LogP contribution < -0.4 is 4.48 Å². The largest absolute Gasteiger partial charge is 0.227 e. The van der Waals surface area contributed by atoms with E-state index >= 15 is 0 Å². The number of quaternary nitrogens is 1. The summed E-state index contributed by atoms with van der Waals surface area (Å²) in [7, 11) is 0. The van der Waals surface area contributed by atoms with Gasteiger partial charge in [-0.3, -0.25) is 0 Å². The molecule has 0 fully saturated rings. The Balaban J connectivity index is 2.04. The van der Waals surface area contributed by atoms with E-state index in [1.54, 1.807) is 5.70 Å². The minimum absolute atomic E-state index is 1.07. The van der Waals surface area contributed by atoms with E-state index in [2.05, 4.69) is 51.2 Å². The predicted molar refractivity (Wildman–Crippen MR) is 85.0 cm³/mol. The molecule has 0 N–H and O–H groups in total. The second-order valence-electron chi connectivity index (χ2n) is 5.86. The molecule has 1 aromatic carbocycles. The van der Waals surface area contributed by atoms with Crippen LogP contribution >= 0.6 is 0 Å². The average molecular weight is 258 g/mol. The van der Waals surface area contributed by atoms with Crippen LogP contribution in [0.1, 0.15) is 57.9 Å². The molecule has 1 nitrogen and oxygen atoms in total. The molecule has 0 radical (unpaired) electrons. The molecule has 0 saturated carbocycles. The molecule has 1 aliphatic rings. The molecular formula is C18H28N+. The summed E-state index contributed by atoms with van der Waals surface area (Å²) >= 11 is 0. The van der Waals surface area contributed by atoms with Gasteiger partial charge in [-0.15, -0.1) is 0 Å². The van der Waals surface area contributed by atoms with Crippen molar-refractivity contribution < 1.29 is 0 Å². The van der Waals surface area contributed by atoms with Crippen molar-refractivity contribution in [2.45, 2.75) is 59.3 Å². The molecule has 0 spiro atoms. The minimum atomic E-state index is 1.07. The van der Waals surface area contributed by atoms with Gasteiger partial charge in [-0.05, 0) is 19.8 Å². The van der Waals surface area contributed by atoms with Gasteiger partial charge in [-0.25, -0.2) is 4.48 Å². The maximum absolute atomic E-state index is 2.48. The monoisotopic (exact) mass is 258 g/mol. The van der Waals surface area contributed by atoms with Gasteiger partial charge in [0.25, 0.3) is 0 Å². The highest BCUT2D eigenvalue weighted by Gasteiger charge is 2.46. The van der Waals surface area contributed by atoms with Gasteiger partial charge in [-0.1, -0.05) is 50.8 Å². The molecule has 1 aliphatic heterocycles. The molecule has 1 aromatic rings. The van der Waals surface area contributed by atoms with Crippen molar-refractivity contribution in [3.63, 3.8) is 0 Å². The molecule has 0 saturated heterocycles. The molecule has 0 aromatic heterocycles. The number of hydrogen-bond acceptors (Lipinski definition) is 0. The molecule has 1 heterocycles. The van der Waals surface area contributed by atoms with Crippen LogP contribution in [0.4, 0.5) is 5.69 Å². The maximum Gasteiger partial charge on any atom is 0.173 e. The van der Waals surface area contributed by atoms with Gasteiger partial charge in [0.1, 0.15) is 5.69 Å². The highest BCUT2D eigenvalue weighted by atomic mass is 15.4. The molecule has 104 valence electrons. The zero-order valence-corrected chi connectivity index (χ0v) is 12.8. The van der Waals surface area contributed by atoms with Crippen LogP contribution in [-0.2, 0) is 0 Å². The molecular weight excluding hydrogens is 230 g/mol. The first-order valence-electron chi connectivity index (χ1n) is 7.90. The molecule has 1 atom stereocenters. The number of hydrogen-bond donors (Lipinski definition) is 0. The van der Waals surface area contributed by atoms with E-state index in [0.29, 0.717) is 0 Å². The second kappa shape index (κ2) is 6.38. The van der Waals surface area contributed by atoms with Crippen molar-refractivity contribution in [3.8, 4) is 0 Å². The second-order valence-corrected chi connectivity index (χ2v) is 5.86. The van der Waals surface area contributed by atoms with Gasteiger partial charge >= 0.3 is 0 Å². The molecule has 1 heteroatoms. The number of nitrogens with zero attached hydrogens (tertiary/aromatic N) is 1. The van der Waals surface area contributed by atoms with E-state index in [1.165, 1.54) is 56.3 Å². The summed E-state index contributed by atoms with van der Waals surface area (Å²) in [6, 6.07) is 9.12. The van der Waals surface area contributed by atoms with Crippen molar-refractivity contribution in [3.05, 3.63) is 41.7 Å². The Bertz CT molecular complexity index is 430. The first-order valence-corrected chi connectivity index (χ1v) is 7.90. The molecule has 0 amide bonds. The summed E-state index contributed by atoms with van der Waals surface area (Å²) < 4.78 is 1.07. The Morgan fingerprint density at radius 3 is 2.21 bits per heavy atom. The predicted octanol–water partition coefficient (Wildman–Crippen LogP) is 5.54. The van der Waals surface area contributed by atoms with E-state index in [4.69, 9.17) is 0 Å². The maximum atomic E-state index is 2.48. The lowest BCUT2D eigenvalue weighted by Crippen LogP contribution is -2.29. The summed E-state index contributed by atoms with van der Waals surface area (Å²) in [6.45, 7) is 7.98. The van der Waals surface area contributed by atoms with E-state index in [1.807, 2.05) is 0 Å². The van der Waals surface area contributed by atoms with E-state index in [9.17, 15) is 0 Å². The van der Waals surface area contributed by atoms with Gasteiger partial charge in [0.2, 0.25) is 0 Å². The molecule has 0 aliphatic carbocycles. The molecule has 1 unspecified atom stereocenters. The van der Waals surface area contributed by atoms with E-state index in [0.717, 1.165) is 4.48 Å². The van der Waals surface area contributed by atoms with Crippen LogP contribution in [0.2, 0.25) is 0 Å². The zero-order chi connectivity index (χ0) is 13.7. The summed E-state index contributed by atoms with van der Waals surface area (Å²) in [4.78, 5) is 0. The fraction of sp³-hybridized carbons (Fsp3) is 0.556. The third-order valence-corrected chi connectivity index (χ3v) is 4.21.